The lowest BCUT2D eigenvalue weighted by Gasteiger charge is -2.02. The van der Waals surface area contributed by atoms with E-state index in [1.165, 1.54) is 0 Å². The smallest absolute Gasteiger partial charge is 0.111 e. The minimum Gasteiger partial charge on any atom is -0.387 e. The summed E-state index contributed by atoms with van der Waals surface area (Å²) in [7, 11) is 0. The third-order valence-corrected chi connectivity index (χ3v) is 1.92. The quantitative estimate of drug-likeness (QED) is 0.767. The second-order valence-electron chi connectivity index (χ2n) is 3.76. The van der Waals surface area contributed by atoms with Gasteiger partial charge in [-0.1, -0.05) is 19.1 Å². The van der Waals surface area contributed by atoms with Gasteiger partial charge in [0.1, 0.15) is 5.69 Å². The fourth-order valence-electron chi connectivity index (χ4n) is 1.00. The zero-order valence-electron chi connectivity index (χ0n) is 8.44. The first-order chi connectivity index (χ1) is 6.09. The number of rotatable bonds is 4. The number of hydrogen-bond acceptors (Lipinski definition) is 3. The third-order valence-electron chi connectivity index (χ3n) is 1.92. The van der Waals surface area contributed by atoms with Crippen molar-refractivity contribution < 1.29 is 5.11 Å². The second kappa shape index (κ2) is 4.37. The van der Waals surface area contributed by atoms with Crippen molar-refractivity contribution in [2.75, 3.05) is 0 Å². The van der Waals surface area contributed by atoms with Crippen molar-refractivity contribution >= 4 is 0 Å². The highest BCUT2D eigenvalue weighted by atomic mass is 16.3. The molecule has 1 N–H and O–H groups in total. The molecule has 1 rings (SSSR count). The highest BCUT2D eigenvalue weighted by molar-refractivity contribution is 4.95. The van der Waals surface area contributed by atoms with E-state index in [0.717, 1.165) is 13.0 Å². The summed E-state index contributed by atoms with van der Waals surface area (Å²) < 4.78 is 1.78. The standard InChI is InChI=1S/C9H17N3O/c1-7(2)4-5-12-6-9(8(3)13)10-11-12/h6-8,13H,4-5H2,1-3H3. The summed E-state index contributed by atoms with van der Waals surface area (Å²) in [5.41, 5.74) is 0.642. The fraction of sp³-hybridized carbons (Fsp3) is 0.778. The molecule has 13 heavy (non-hydrogen) atoms. The zero-order chi connectivity index (χ0) is 9.84. The van der Waals surface area contributed by atoms with E-state index >= 15 is 0 Å². The van der Waals surface area contributed by atoms with Crippen molar-refractivity contribution in [1.29, 1.82) is 0 Å². The molecule has 0 spiro atoms. The van der Waals surface area contributed by atoms with E-state index in [-0.39, 0.29) is 0 Å². The van der Waals surface area contributed by atoms with E-state index < -0.39 is 6.10 Å². The van der Waals surface area contributed by atoms with Gasteiger partial charge >= 0.3 is 0 Å². The van der Waals surface area contributed by atoms with Crippen molar-refractivity contribution in [3.8, 4) is 0 Å². The molecule has 1 heterocycles. The highest BCUT2D eigenvalue weighted by Gasteiger charge is 2.05. The Morgan fingerprint density at radius 1 is 1.46 bits per heavy atom. The van der Waals surface area contributed by atoms with Gasteiger partial charge in [0.25, 0.3) is 0 Å². The predicted octanol–water partition coefficient (Wildman–Crippen LogP) is 1.38. The van der Waals surface area contributed by atoms with Crippen molar-refractivity contribution in [1.82, 2.24) is 15.0 Å². The first kappa shape index (κ1) is 10.2. The molecule has 0 bridgehead atoms. The summed E-state index contributed by atoms with van der Waals surface area (Å²) in [4.78, 5) is 0. The second-order valence-corrected chi connectivity index (χ2v) is 3.76. The van der Waals surface area contributed by atoms with Gasteiger partial charge in [-0.25, -0.2) is 0 Å². The summed E-state index contributed by atoms with van der Waals surface area (Å²) in [5, 5.41) is 17.0. The van der Waals surface area contributed by atoms with Crippen molar-refractivity contribution in [2.45, 2.75) is 39.8 Å². The summed E-state index contributed by atoms with van der Waals surface area (Å²) in [5.74, 6) is 0.666. The van der Waals surface area contributed by atoms with Gasteiger partial charge in [0, 0.05) is 6.54 Å². The van der Waals surface area contributed by atoms with Crippen LogP contribution in [0.2, 0.25) is 0 Å². The Hall–Kier alpha value is -0.900. The van der Waals surface area contributed by atoms with Gasteiger partial charge in [-0.15, -0.1) is 5.10 Å². The maximum Gasteiger partial charge on any atom is 0.111 e. The van der Waals surface area contributed by atoms with E-state index in [9.17, 15) is 5.11 Å². The van der Waals surface area contributed by atoms with Gasteiger partial charge in [-0.3, -0.25) is 4.68 Å². The molecule has 1 aromatic rings. The van der Waals surface area contributed by atoms with Crippen molar-refractivity contribution in [3.05, 3.63) is 11.9 Å². The average Bonchev–Trinajstić information content (AvgIpc) is 2.48. The maximum absolute atomic E-state index is 9.20. The lowest BCUT2D eigenvalue weighted by Crippen LogP contribution is -2.01. The summed E-state index contributed by atoms with van der Waals surface area (Å²) in [6.45, 7) is 6.91. The fourth-order valence-corrected chi connectivity index (χ4v) is 1.00. The topological polar surface area (TPSA) is 50.9 Å². The van der Waals surface area contributed by atoms with Crippen LogP contribution in [0.4, 0.5) is 0 Å². The molecule has 0 fully saturated rings. The van der Waals surface area contributed by atoms with Gasteiger partial charge in [0.15, 0.2) is 0 Å². The van der Waals surface area contributed by atoms with Crippen LogP contribution in [0, 0.1) is 5.92 Å². The Morgan fingerprint density at radius 2 is 2.15 bits per heavy atom. The molecule has 0 aliphatic rings. The van der Waals surface area contributed by atoms with Gasteiger partial charge in [0.05, 0.1) is 12.3 Å². The summed E-state index contributed by atoms with van der Waals surface area (Å²) >= 11 is 0. The Morgan fingerprint density at radius 3 is 2.62 bits per heavy atom. The molecule has 0 aromatic carbocycles. The molecule has 1 atom stereocenters. The molecule has 74 valence electrons. The van der Waals surface area contributed by atoms with Crippen LogP contribution in [0.1, 0.15) is 39.0 Å². The van der Waals surface area contributed by atoms with Crippen LogP contribution in [-0.4, -0.2) is 20.1 Å². The van der Waals surface area contributed by atoms with Gasteiger partial charge in [0.2, 0.25) is 0 Å². The average molecular weight is 183 g/mol. The molecule has 1 unspecified atom stereocenters. The minimum absolute atomic E-state index is 0.521. The van der Waals surface area contributed by atoms with Crippen molar-refractivity contribution in [2.24, 2.45) is 5.92 Å². The highest BCUT2D eigenvalue weighted by Crippen LogP contribution is 2.07. The molecule has 0 aliphatic heterocycles. The van der Waals surface area contributed by atoms with Crippen LogP contribution in [0.5, 0.6) is 0 Å². The molecule has 0 radical (unpaired) electrons. The Balaban J connectivity index is 2.49. The molecule has 4 heteroatoms. The molecule has 0 amide bonds. The Bertz CT molecular complexity index is 255. The van der Waals surface area contributed by atoms with E-state index in [2.05, 4.69) is 24.2 Å². The molecular formula is C9H17N3O. The zero-order valence-corrected chi connectivity index (χ0v) is 8.44. The van der Waals surface area contributed by atoms with Gasteiger partial charge < -0.3 is 5.11 Å². The van der Waals surface area contributed by atoms with E-state index in [4.69, 9.17) is 0 Å². The largest absolute Gasteiger partial charge is 0.387 e. The SMILES string of the molecule is CC(C)CCn1cc(C(C)O)nn1. The predicted molar refractivity (Wildman–Crippen MR) is 50.1 cm³/mol. The molecule has 1 aromatic heterocycles. The lowest BCUT2D eigenvalue weighted by atomic mass is 10.1. The van der Waals surface area contributed by atoms with Crippen molar-refractivity contribution in [3.63, 3.8) is 0 Å². The summed E-state index contributed by atoms with van der Waals surface area (Å²) in [6.07, 6.45) is 2.36. The van der Waals surface area contributed by atoms with Crippen LogP contribution in [0.15, 0.2) is 6.20 Å². The Kier molecular flexibility index (Phi) is 3.42. The number of hydrogen-bond donors (Lipinski definition) is 1. The number of aliphatic hydroxyl groups is 1. The molecule has 0 saturated heterocycles. The molecule has 0 aliphatic carbocycles. The number of aromatic nitrogens is 3. The van der Waals surface area contributed by atoms with E-state index in [1.54, 1.807) is 17.8 Å². The number of aliphatic hydroxyl groups excluding tert-OH is 1. The normalized spacial score (nSPS) is 13.6. The van der Waals surface area contributed by atoms with Crippen LogP contribution in [0.25, 0.3) is 0 Å². The lowest BCUT2D eigenvalue weighted by molar-refractivity contribution is 0.194. The van der Waals surface area contributed by atoms with Crippen LogP contribution >= 0.6 is 0 Å². The third kappa shape index (κ3) is 3.14. The van der Waals surface area contributed by atoms with Crippen LogP contribution in [-0.2, 0) is 6.54 Å². The maximum atomic E-state index is 9.20. The van der Waals surface area contributed by atoms with Crippen LogP contribution < -0.4 is 0 Å². The van der Waals surface area contributed by atoms with Crippen LogP contribution in [0.3, 0.4) is 0 Å². The summed E-state index contributed by atoms with van der Waals surface area (Å²) in [6, 6.07) is 0. The van der Waals surface area contributed by atoms with Gasteiger partial charge in [-0.05, 0) is 19.3 Å². The first-order valence-corrected chi connectivity index (χ1v) is 4.67. The monoisotopic (exact) mass is 183 g/mol. The molecular weight excluding hydrogens is 166 g/mol. The Labute approximate surface area is 78.6 Å². The number of aryl methyl sites for hydroxylation is 1. The molecule has 0 saturated carbocycles. The first-order valence-electron chi connectivity index (χ1n) is 4.67. The van der Waals surface area contributed by atoms with E-state index in [1.807, 2.05) is 0 Å². The molecule has 4 nitrogen and oxygen atoms in total. The minimum atomic E-state index is -0.521. The van der Waals surface area contributed by atoms with Gasteiger partial charge in [-0.2, -0.15) is 0 Å². The number of nitrogens with zero attached hydrogens (tertiary/aromatic N) is 3. The van der Waals surface area contributed by atoms with E-state index in [0.29, 0.717) is 11.6 Å².